The van der Waals surface area contributed by atoms with Crippen molar-refractivity contribution in [1.82, 2.24) is 4.98 Å². The third-order valence-electron chi connectivity index (χ3n) is 2.41. The monoisotopic (exact) mass is 294 g/mol. The molecule has 0 bridgehead atoms. The van der Waals surface area contributed by atoms with Crippen molar-refractivity contribution in [3.63, 3.8) is 0 Å². The van der Waals surface area contributed by atoms with Gasteiger partial charge in [-0.05, 0) is 12.1 Å². The minimum absolute atomic E-state index is 0. The summed E-state index contributed by atoms with van der Waals surface area (Å²) in [5.74, 6) is 0.759. The second kappa shape index (κ2) is 7.94. The predicted octanol–water partition coefficient (Wildman–Crippen LogP) is 2.79. The average Bonchev–Trinajstić information content (AvgIpc) is 2.45. The molecule has 1 aromatic heterocycles. The van der Waals surface area contributed by atoms with Gasteiger partial charge in [0.15, 0.2) is 5.78 Å². The van der Waals surface area contributed by atoms with Crippen molar-refractivity contribution >= 4 is 30.0 Å². The van der Waals surface area contributed by atoms with Gasteiger partial charge in [-0.1, -0.05) is 30.3 Å². The number of aromatic nitrogens is 1. The van der Waals surface area contributed by atoms with Crippen molar-refractivity contribution in [2.45, 2.75) is 5.03 Å². The van der Waals surface area contributed by atoms with Gasteiger partial charge in [-0.25, -0.2) is 4.98 Å². The molecule has 0 saturated heterocycles. The third kappa shape index (κ3) is 4.06. The molecule has 0 fully saturated rings. The highest BCUT2D eigenvalue weighted by Gasteiger charge is 2.13. The summed E-state index contributed by atoms with van der Waals surface area (Å²) in [5, 5.41) is 0.747. The van der Waals surface area contributed by atoms with Crippen LogP contribution in [0.1, 0.15) is 15.9 Å². The molecule has 0 spiro atoms. The van der Waals surface area contributed by atoms with E-state index in [1.165, 1.54) is 11.8 Å². The highest BCUT2D eigenvalue weighted by molar-refractivity contribution is 7.99. The van der Waals surface area contributed by atoms with Gasteiger partial charge >= 0.3 is 0 Å². The van der Waals surface area contributed by atoms with E-state index in [9.17, 15) is 4.79 Å². The van der Waals surface area contributed by atoms with Gasteiger partial charge in [-0.3, -0.25) is 4.79 Å². The van der Waals surface area contributed by atoms with Crippen LogP contribution in [0.15, 0.2) is 53.7 Å². The van der Waals surface area contributed by atoms with E-state index in [0.717, 1.165) is 10.8 Å². The zero-order valence-corrected chi connectivity index (χ0v) is 11.9. The van der Waals surface area contributed by atoms with Crippen LogP contribution in [0.25, 0.3) is 0 Å². The van der Waals surface area contributed by atoms with Crippen LogP contribution < -0.4 is 5.73 Å². The number of nitrogens with zero attached hydrogens (tertiary/aromatic N) is 1. The fraction of sp³-hybridized carbons (Fsp3) is 0.143. The number of pyridine rings is 1. The summed E-state index contributed by atoms with van der Waals surface area (Å²) in [4.78, 5) is 16.6. The van der Waals surface area contributed by atoms with Gasteiger partial charge in [0.25, 0.3) is 0 Å². The molecule has 0 saturated carbocycles. The highest BCUT2D eigenvalue weighted by atomic mass is 35.5. The smallest absolute Gasteiger partial charge is 0.195 e. The molecule has 0 radical (unpaired) electrons. The molecule has 100 valence electrons. The molecule has 3 nitrogen and oxygen atoms in total. The molecule has 0 aliphatic rings. The summed E-state index contributed by atoms with van der Waals surface area (Å²) < 4.78 is 0. The Morgan fingerprint density at radius 2 is 1.89 bits per heavy atom. The molecule has 0 unspecified atom stereocenters. The molecular weight excluding hydrogens is 280 g/mol. The molecule has 0 amide bonds. The van der Waals surface area contributed by atoms with Gasteiger partial charge < -0.3 is 5.73 Å². The first kappa shape index (κ1) is 15.7. The van der Waals surface area contributed by atoms with Crippen LogP contribution in [0.5, 0.6) is 0 Å². The van der Waals surface area contributed by atoms with Crippen LogP contribution >= 0.6 is 24.2 Å². The van der Waals surface area contributed by atoms with E-state index in [1.807, 2.05) is 30.3 Å². The van der Waals surface area contributed by atoms with Gasteiger partial charge in [0, 0.05) is 24.1 Å². The van der Waals surface area contributed by atoms with Gasteiger partial charge in [0.2, 0.25) is 0 Å². The number of hydrogen-bond donors (Lipinski definition) is 1. The van der Waals surface area contributed by atoms with Gasteiger partial charge in [0.05, 0.1) is 5.56 Å². The number of carbonyl (C=O) groups is 1. The quantitative estimate of drug-likeness (QED) is 0.680. The van der Waals surface area contributed by atoms with Crippen LogP contribution in [0.2, 0.25) is 0 Å². The number of rotatable bonds is 5. The zero-order valence-electron chi connectivity index (χ0n) is 10.3. The first-order chi connectivity index (χ1) is 8.83. The van der Waals surface area contributed by atoms with E-state index < -0.39 is 0 Å². The van der Waals surface area contributed by atoms with Crippen molar-refractivity contribution in [2.75, 3.05) is 12.3 Å². The van der Waals surface area contributed by atoms with Crippen molar-refractivity contribution < 1.29 is 4.79 Å². The lowest BCUT2D eigenvalue weighted by Gasteiger charge is -2.06. The Bertz CT molecular complexity index is 534. The molecule has 2 N–H and O–H groups in total. The summed E-state index contributed by atoms with van der Waals surface area (Å²) in [6, 6.07) is 12.8. The first-order valence-corrected chi connectivity index (χ1v) is 6.69. The highest BCUT2D eigenvalue weighted by Crippen LogP contribution is 2.21. The Kier molecular flexibility index (Phi) is 6.56. The molecule has 1 aromatic carbocycles. The van der Waals surface area contributed by atoms with E-state index >= 15 is 0 Å². The maximum absolute atomic E-state index is 12.3. The van der Waals surface area contributed by atoms with Crippen LogP contribution in [0, 0.1) is 0 Å². The number of halogens is 1. The van der Waals surface area contributed by atoms with E-state index in [1.54, 1.807) is 18.3 Å². The summed E-state index contributed by atoms with van der Waals surface area (Å²) in [6.07, 6.45) is 1.70. The third-order valence-corrected chi connectivity index (χ3v) is 3.45. The number of thioether (sulfide) groups is 1. The SMILES string of the molecule is Cl.NCCSc1ncccc1C(=O)c1ccccc1. The van der Waals surface area contributed by atoms with Crippen molar-refractivity contribution in [3.8, 4) is 0 Å². The number of carbonyl (C=O) groups excluding carboxylic acids is 1. The molecular formula is C14H15ClN2OS. The lowest BCUT2D eigenvalue weighted by molar-refractivity contribution is 0.103. The van der Waals surface area contributed by atoms with Crippen LogP contribution in [0.3, 0.4) is 0 Å². The minimum atomic E-state index is 0. The summed E-state index contributed by atoms with van der Waals surface area (Å²) in [6.45, 7) is 0.570. The van der Waals surface area contributed by atoms with Crippen molar-refractivity contribution in [2.24, 2.45) is 5.73 Å². The predicted molar refractivity (Wildman–Crippen MR) is 81.1 cm³/mol. The van der Waals surface area contributed by atoms with E-state index in [-0.39, 0.29) is 18.2 Å². The number of nitrogens with two attached hydrogens (primary N) is 1. The van der Waals surface area contributed by atoms with Crippen LogP contribution in [-0.2, 0) is 0 Å². The standard InChI is InChI=1S/C14H14N2OS.ClH/c15-8-10-18-14-12(7-4-9-16-14)13(17)11-5-2-1-3-6-11;/h1-7,9H,8,10,15H2;1H. The van der Waals surface area contributed by atoms with Crippen molar-refractivity contribution in [1.29, 1.82) is 0 Å². The Hall–Kier alpha value is -1.36. The maximum atomic E-state index is 12.3. The molecule has 0 atom stereocenters. The molecule has 2 aromatic rings. The molecule has 0 aliphatic carbocycles. The fourth-order valence-corrected chi connectivity index (χ4v) is 2.34. The maximum Gasteiger partial charge on any atom is 0.195 e. The zero-order chi connectivity index (χ0) is 12.8. The van der Waals surface area contributed by atoms with Gasteiger partial charge in [-0.15, -0.1) is 24.2 Å². The molecule has 2 rings (SSSR count). The second-order valence-electron chi connectivity index (χ2n) is 3.69. The molecule has 1 heterocycles. The lowest BCUT2D eigenvalue weighted by atomic mass is 10.1. The van der Waals surface area contributed by atoms with Crippen molar-refractivity contribution in [3.05, 3.63) is 59.8 Å². The molecule has 0 aliphatic heterocycles. The van der Waals surface area contributed by atoms with Gasteiger partial charge in [-0.2, -0.15) is 0 Å². The van der Waals surface area contributed by atoms with E-state index in [2.05, 4.69) is 4.98 Å². The summed E-state index contributed by atoms with van der Waals surface area (Å²) in [5.41, 5.74) is 6.80. The van der Waals surface area contributed by atoms with Crippen LogP contribution in [0.4, 0.5) is 0 Å². The molecule has 19 heavy (non-hydrogen) atoms. The number of ketones is 1. The minimum Gasteiger partial charge on any atom is -0.330 e. The number of hydrogen-bond acceptors (Lipinski definition) is 4. The van der Waals surface area contributed by atoms with Crippen LogP contribution in [-0.4, -0.2) is 23.1 Å². The fourth-order valence-electron chi connectivity index (χ4n) is 1.58. The summed E-state index contributed by atoms with van der Waals surface area (Å²) in [7, 11) is 0. The summed E-state index contributed by atoms with van der Waals surface area (Å²) >= 11 is 1.51. The number of benzene rings is 1. The first-order valence-electron chi connectivity index (χ1n) is 5.70. The lowest BCUT2D eigenvalue weighted by Crippen LogP contribution is -2.06. The average molecular weight is 295 g/mol. The second-order valence-corrected chi connectivity index (χ2v) is 4.77. The Labute approximate surface area is 123 Å². The molecule has 5 heteroatoms. The largest absolute Gasteiger partial charge is 0.330 e. The Morgan fingerprint density at radius 3 is 2.58 bits per heavy atom. The van der Waals surface area contributed by atoms with E-state index in [0.29, 0.717) is 17.7 Å². The Balaban J connectivity index is 0.00000180. The van der Waals surface area contributed by atoms with Gasteiger partial charge in [0.1, 0.15) is 5.03 Å². The normalized spacial score (nSPS) is 9.74. The Morgan fingerprint density at radius 1 is 1.16 bits per heavy atom. The topological polar surface area (TPSA) is 56.0 Å². The van der Waals surface area contributed by atoms with E-state index in [4.69, 9.17) is 5.73 Å².